The van der Waals surface area contributed by atoms with E-state index in [1.165, 1.54) is 12.0 Å². The summed E-state index contributed by atoms with van der Waals surface area (Å²) in [6, 6.07) is 11.9. The average molecular weight is 376 g/mol. The lowest BCUT2D eigenvalue weighted by Gasteiger charge is -2.11. The average Bonchev–Trinajstić information content (AvgIpc) is 3.12. The van der Waals surface area contributed by atoms with Crippen LogP contribution in [0.4, 0.5) is 5.82 Å². The number of hydrogen-bond acceptors (Lipinski definition) is 4. The molecule has 1 fully saturated rings. The zero-order valence-electron chi connectivity index (χ0n) is 15.0. The Kier molecular flexibility index (Phi) is 7.88. The number of nitrogens with one attached hydrogen (secondary N) is 2. The van der Waals surface area contributed by atoms with Gasteiger partial charge in [0.05, 0.1) is 13.0 Å². The van der Waals surface area contributed by atoms with Crippen LogP contribution in [0, 0.1) is 5.92 Å². The van der Waals surface area contributed by atoms with Crippen LogP contribution in [0.2, 0.25) is 0 Å². The molecule has 6 heteroatoms. The molecular weight excluding hydrogens is 350 g/mol. The smallest absolute Gasteiger partial charge is 0.230 e. The topological polar surface area (TPSA) is 63.2 Å². The summed E-state index contributed by atoms with van der Waals surface area (Å²) in [6.07, 6.45) is 4.32. The van der Waals surface area contributed by atoms with Crippen LogP contribution >= 0.6 is 12.4 Å². The van der Waals surface area contributed by atoms with Crippen LogP contribution in [0.5, 0.6) is 5.75 Å². The quantitative estimate of drug-likeness (QED) is 0.779. The van der Waals surface area contributed by atoms with Crippen molar-refractivity contribution in [3.05, 3.63) is 53.7 Å². The molecule has 2 aromatic rings. The van der Waals surface area contributed by atoms with Crippen LogP contribution in [-0.4, -0.2) is 30.6 Å². The summed E-state index contributed by atoms with van der Waals surface area (Å²) < 4.78 is 5.48. The number of aromatic nitrogens is 1. The monoisotopic (exact) mass is 375 g/mol. The van der Waals surface area contributed by atoms with E-state index < -0.39 is 0 Å². The Morgan fingerprint density at radius 1 is 1.27 bits per heavy atom. The fourth-order valence-electron chi connectivity index (χ4n) is 3.13. The summed E-state index contributed by atoms with van der Waals surface area (Å²) in [5.74, 6) is 1.71. The first kappa shape index (κ1) is 20.2. The van der Waals surface area contributed by atoms with Crippen LogP contribution in [-0.2, 0) is 17.6 Å². The molecular formula is C20H26ClN3O2. The summed E-state index contributed by atoms with van der Waals surface area (Å²) in [4.78, 5) is 16.5. The fourth-order valence-corrected chi connectivity index (χ4v) is 3.13. The van der Waals surface area contributed by atoms with Crippen LogP contribution < -0.4 is 15.4 Å². The molecule has 1 saturated heterocycles. The molecule has 3 rings (SSSR count). The molecule has 2 heterocycles. The number of ether oxygens (including phenoxy) is 1. The summed E-state index contributed by atoms with van der Waals surface area (Å²) in [6.45, 7) is 4.67. The van der Waals surface area contributed by atoms with E-state index in [9.17, 15) is 4.79 Å². The number of hydrogen-bond donors (Lipinski definition) is 2. The van der Waals surface area contributed by atoms with Crippen molar-refractivity contribution in [2.45, 2.75) is 26.2 Å². The van der Waals surface area contributed by atoms with Gasteiger partial charge in [0.15, 0.2) is 11.6 Å². The summed E-state index contributed by atoms with van der Waals surface area (Å²) >= 11 is 0. The molecule has 0 spiro atoms. The van der Waals surface area contributed by atoms with Gasteiger partial charge < -0.3 is 15.4 Å². The second-order valence-electron chi connectivity index (χ2n) is 6.39. The third kappa shape index (κ3) is 5.71. The number of anilines is 1. The molecule has 140 valence electrons. The van der Waals surface area contributed by atoms with Gasteiger partial charge in [0.2, 0.25) is 5.91 Å². The summed E-state index contributed by atoms with van der Waals surface area (Å²) in [5, 5.41) is 6.23. The molecule has 1 aliphatic heterocycles. The third-order valence-electron chi connectivity index (χ3n) is 4.40. The number of amides is 1. The minimum Gasteiger partial charge on any atom is -0.490 e. The lowest BCUT2D eigenvalue weighted by molar-refractivity contribution is -0.115. The van der Waals surface area contributed by atoms with E-state index in [1.54, 1.807) is 18.3 Å². The van der Waals surface area contributed by atoms with Crippen molar-refractivity contribution in [1.29, 1.82) is 0 Å². The molecule has 1 aliphatic rings. The molecule has 1 amide bonds. The van der Waals surface area contributed by atoms with Gasteiger partial charge in [0.1, 0.15) is 0 Å². The van der Waals surface area contributed by atoms with Gasteiger partial charge in [-0.2, -0.15) is 0 Å². The van der Waals surface area contributed by atoms with Gasteiger partial charge in [0, 0.05) is 6.20 Å². The second kappa shape index (κ2) is 10.1. The largest absolute Gasteiger partial charge is 0.490 e. The maximum absolute atomic E-state index is 12.3. The predicted molar refractivity (Wildman–Crippen MR) is 106 cm³/mol. The van der Waals surface area contributed by atoms with E-state index in [-0.39, 0.29) is 18.3 Å². The van der Waals surface area contributed by atoms with Gasteiger partial charge in [-0.1, -0.05) is 24.3 Å². The van der Waals surface area contributed by atoms with Gasteiger partial charge in [0.25, 0.3) is 0 Å². The van der Waals surface area contributed by atoms with Crippen molar-refractivity contribution in [3.63, 3.8) is 0 Å². The molecule has 1 atom stereocenters. The number of carbonyl (C=O) groups is 1. The molecule has 26 heavy (non-hydrogen) atoms. The standard InChI is InChI=1S/C20H25N3O2.ClH/c1-2-25-18-4-3-10-22-20(18)23-19(24)13-16-7-5-15(6-8-16)12-17-9-11-21-14-17;/h3-8,10,17,21H,2,9,11-14H2,1H3,(H,22,23,24);1H. The van der Waals surface area contributed by atoms with E-state index in [0.717, 1.165) is 31.0 Å². The maximum Gasteiger partial charge on any atom is 0.230 e. The minimum absolute atomic E-state index is 0. The van der Waals surface area contributed by atoms with E-state index >= 15 is 0 Å². The van der Waals surface area contributed by atoms with Crippen LogP contribution in [0.15, 0.2) is 42.6 Å². The number of carbonyl (C=O) groups excluding carboxylic acids is 1. The molecule has 5 nitrogen and oxygen atoms in total. The van der Waals surface area contributed by atoms with Crippen molar-refractivity contribution in [1.82, 2.24) is 10.3 Å². The Labute approximate surface area is 161 Å². The molecule has 0 bridgehead atoms. The van der Waals surface area contributed by atoms with Crippen LogP contribution in [0.25, 0.3) is 0 Å². The number of pyridine rings is 1. The summed E-state index contributed by atoms with van der Waals surface area (Å²) in [5.41, 5.74) is 2.33. The van der Waals surface area contributed by atoms with E-state index in [2.05, 4.69) is 27.8 Å². The van der Waals surface area contributed by atoms with Crippen LogP contribution in [0.1, 0.15) is 24.5 Å². The number of halogens is 1. The highest BCUT2D eigenvalue weighted by molar-refractivity contribution is 5.92. The van der Waals surface area contributed by atoms with Gasteiger partial charge in [-0.3, -0.25) is 4.79 Å². The molecule has 0 aliphatic carbocycles. The number of nitrogens with zero attached hydrogens (tertiary/aromatic N) is 1. The van der Waals surface area contributed by atoms with E-state index in [1.807, 2.05) is 19.1 Å². The second-order valence-corrected chi connectivity index (χ2v) is 6.39. The fraction of sp³-hybridized carbons (Fsp3) is 0.400. The molecule has 1 aromatic carbocycles. The first-order valence-corrected chi connectivity index (χ1v) is 8.91. The molecule has 0 radical (unpaired) electrons. The molecule has 1 unspecified atom stereocenters. The van der Waals surface area contributed by atoms with Crippen molar-refractivity contribution in [2.75, 3.05) is 25.0 Å². The first-order valence-electron chi connectivity index (χ1n) is 8.91. The van der Waals surface area contributed by atoms with Crippen molar-refractivity contribution >= 4 is 24.1 Å². The third-order valence-corrected chi connectivity index (χ3v) is 4.40. The SMILES string of the molecule is CCOc1cccnc1NC(=O)Cc1ccc(CC2CCNC2)cc1.Cl. The molecule has 0 saturated carbocycles. The molecule has 1 aromatic heterocycles. The highest BCUT2D eigenvalue weighted by atomic mass is 35.5. The van der Waals surface area contributed by atoms with Crippen molar-refractivity contribution in [2.24, 2.45) is 5.92 Å². The Bertz CT molecular complexity index is 700. The Morgan fingerprint density at radius 3 is 2.73 bits per heavy atom. The highest BCUT2D eigenvalue weighted by Crippen LogP contribution is 2.21. The Morgan fingerprint density at radius 2 is 2.04 bits per heavy atom. The highest BCUT2D eigenvalue weighted by Gasteiger charge is 2.15. The Balaban J connectivity index is 0.00000243. The van der Waals surface area contributed by atoms with Crippen molar-refractivity contribution in [3.8, 4) is 5.75 Å². The zero-order chi connectivity index (χ0) is 17.5. The normalized spacial score (nSPS) is 16.0. The summed E-state index contributed by atoms with van der Waals surface area (Å²) in [7, 11) is 0. The lowest BCUT2D eigenvalue weighted by atomic mass is 9.97. The lowest BCUT2D eigenvalue weighted by Crippen LogP contribution is -2.16. The van der Waals surface area contributed by atoms with Crippen LogP contribution in [0.3, 0.4) is 0 Å². The zero-order valence-corrected chi connectivity index (χ0v) is 15.8. The molecule has 2 N–H and O–H groups in total. The van der Waals surface area contributed by atoms with Gasteiger partial charge in [-0.15, -0.1) is 12.4 Å². The van der Waals surface area contributed by atoms with Gasteiger partial charge in [-0.25, -0.2) is 4.98 Å². The maximum atomic E-state index is 12.3. The first-order chi connectivity index (χ1) is 12.2. The predicted octanol–water partition coefficient (Wildman–Crippen LogP) is 3.24. The van der Waals surface area contributed by atoms with E-state index in [0.29, 0.717) is 24.6 Å². The van der Waals surface area contributed by atoms with Gasteiger partial charge in [-0.05, 0) is 62.0 Å². The van der Waals surface area contributed by atoms with Crippen molar-refractivity contribution < 1.29 is 9.53 Å². The minimum atomic E-state index is -0.0904. The number of rotatable bonds is 7. The Hall–Kier alpha value is -2.11. The number of benzene rings is 1. The van der Waals surface area contributed by atoms with Gasteiger partial charge >= 0.3 is 0 Å². The van der Waals surface area contributed by atoms with E-state index in [4.69, 9.17) is 4.74 Å².